The van der Waals surface area contributed by atoms with E-state index in [1.54, 1.807) is 6.92 Å². The van der Waals surface area contributed by atoms with Gasteiger partial charge in [-0.1, -0.05) is 19.4 Å². The van der Waals surface area contributed by atoms with E-state index in [2.05, 4.69) is 5.32 Å². The van der Waals surface area contributed by atoms with E-state index in [1.807, 2.05) is 0 Å². The minimum Gasteiger partial charge on any atom is -0.493 e. The number of carbonyl (C=O) groups excluding carboxylic acids is 3. The van der Waals surface area contributed by atoms with Crippen molar-refractivity contribution >= 4 is 50.1 Å². The molecule has 0 bridgehead atoms. The number of nitrogens with zero attached hydrogens (tertiary/aromatic N) is 1. The molecule has 3 aromatic rings. The normalized spacial score (nSPS) is 13.9. The molecule has 17 heteroatoms. The lowest BCUT2D eigenvalue weighted by Crippen LogP contribution is -2.30. The van der Waals surface area contributed by atoms with Crippen LogP contribution in [0.5, 0.6) is 5.75 Å². The zero-order chi connectivity index (χ0) is 29.6. The van der Waals surface area contributed by atoms with Crippen LogP contribution in [0.25, 0.3) is 10.8 Å². The van der Waals surface area contributed by atoms with Crippen LogP contribution in [0.15, 0.2) is 41.4 Å². The molecule has 0 spiro atoms. The van der Waals surface area contributed by atoms with Crippen molar-refractivity contribution in [1.82, 2.24) is 9.88 Å². The van der Waals surface area contributed by atoms with Crippen LogP contribution in [0.1, 0.15) is 27.6 Å². The Bertz CT molecular complexity index is 1500. The van der Waals surface area contributed by atoms with Crippen LogP contribution in [-0.4, -0.2) is 42.0 Å². The Morgan fingerprint density at radius 3 is 2.21 bits per heavy atom. The number of ketones is 1. The van der Waals surface area contributed by atoms with Gasteiger partial charge in [0.15, 0.2) is 5.78 Å². The van der Waals surface area contributed by atoms with Gasteiger partial charge in [-0.05, 0) is 37.3 Å². The average Bonchev–Trinajstić information content (AvgIpc) is 3.10. The van der Waals surface area contributed by atoms with Crippen LogP contribution >= 0.6 is 10.2 Å². The Labute approximate surface area is 214 Å². The summed E-state index contributed by atoms with van der Waals surface area (Å²) >= 11 is 0. The number of hydrogen-bond donors (Lipinski definition) is 3. The number of halogens is 8. The Balaban J connectivity index is 2.08. The predicted molar refractivity (Wildman–Crippen MR) is 128 cm³/mol. The molecule has 39 heavy (non-hydrogen) atoms. The second-order valence-corrected chi connectivity index (χ2v) is 10.6. The third kappa shape index (κ3) is 6.52. The summed E-state index contributed by atoms with van der Waals surface area (Å²) in [6, 6.07) is 2.55. The highest BCUT2D eigenvalue weighted by molar-refractivity contribution is 8.45. The van der Waals surface area contributed by atoms with Crippen LogP contribution in [0, 0.1) is 0 Å². The molecule has 1 heterocycles. The summed E-state index contributed by atoms with van der Waals surface area (Å²) in [4.78, 5) is 33.6. The molecule has 4 N–H and O–H groups in total. The van der Waals surface area contributed by atoms with Gasteiger partial charge < -0.3 is 25.7 Å². The first kappa shape index (κ1) is 29.5. The van der Waals surface area contributed by atoms with Crippen molar-refractivity contribution in [3.8, 4) is 5.75 Å². The van der Waals surface area contributed by atoms with Crippen LogP contribution in [0.4, 0.5) is 44.1 Å². The molecule has 0 atom stereocenters. The molecular weight excluding hydrogens is 568 g/mol. The van der Waals surface area contributed by atoms with Crippen molar-refractivity contribution in [2.75, 3.05) is 24.7 Å². The Morgan fingerprint density at radius 1 is 1.03 bits per heavy atom. The van der Waals surface area contributed by atoms with E-state index in [-0.39, 0.29) is 35.2 Å². The molecule has 0 aliphatic rings. The third-order valence-corrected chi connectivity index (χ3v) is 6.43. The molecule has 0 aliphatic carbocycles. The number of carbonyl (C=O) groups is 3. The molecule has 2 amide bonds. The predicted octanol–water partition coefficient (Wildman–Crippen LogP) is 6.02. The van der Waals surface area contributed by atoms with E-state index in [0.29, 0.717) is 11.5 Å². The summed E-state index contributed by atoms with van der Waals surface area (Å²) in [5.74, 6) is -4.52. The standard InChI is InChI=1S/C22H20F8N4O4S/c1-3-38-18-6-12-9-34(19(31)15(12)8-16(18)20(36)32-2)10-17(35)11-4-13(33-21(37)22(23,24)25)7-14(5-11)39(26,27,28,29)30/h4-9H,3,10,31H2,1-2H3,(H,32,36)(H,33,37). The van der Waals surface area contributed by atoms with E-state index >= 15 is 0 Å². The van der Waals surface area contributed by atoms with Crippen molar-refractivity contribution in [2.45, 2.75) is 24.5 Å². The van der Waals surface area contributed by atoms with Gasteiger partial charge >= 0.3 is 22.3 Å². The first-order valence-electron chi connectivity index (χ1n) is 10.7. The summed E-state index contributed by atoms with van der Waals surface area (Å²) in [6.07, 6.45) is -4.28. The number of rotatable bonds is 8. The minimum absolute atomic E-state index is 0.0799. The average molecular weight is 588 g/mol. The number of aromatic nitrogens is 1. The van der Waals surface area contributed by atoms with E-state index in [0.717, 1.165) is 9.88 Å². The van der Waals surface area contributed by atoms with Gasteiger partial charge in [0, 0.05) is 35.3 Å². The summed E-state index contributed by atoms with van der Waals surface area (Å²) in [6.45, 7) is 0.998. The molecule has 0 fully saturated rings. The lowest BCUT2D eigenvalue weighted by atomic mass is 10.1. The van der Waals surface area contributed by atoms with Crippen molar-refractivity contribution in [2.24, 2.45) is 0 Å². The van der Waals surface area contributed by atoms with Gasteiger partial charge in [-0.25, -0.2) is 0 Å². The number of nitrogen functional groups attached to an aromatic ring is 1. The monoisotopic (exact) mass is 588 g/mol. The van der Waals surface area contributed by atoms with Crippen molar-refractivity contribution < 1.29 is 51.7 Å². The molecular formula is C22H20F8N4O4S. The van der Waals surface area contributed by atoms with E-state index < -0.39 is 62.8 Å². The molecule has 0 radical (unpaired) electrons. The third-order valence-electron chi connectivity index (χ3n) is 5.31. The summed E-state index contributed by atoms with van der Waals surface area (Å²) in [5, 5.41) is 4.03. The number of hydrogen-bond acceptors (Lipinski definition) is 5. The largest absolute Gasteiger partial charge is 0.493 e. The van der Waals surface area contributed by atoms with Crippen LogP contribution in [0.3, 0.4) is 0 Å². The molecule has 2 aromatic carbocycles. The number of anilines is 2. The molecule has 0 aliphatic heterocycles. The fourth-order valence-corrected chi connectivity index (χ4v) is 4.24. The lowest BCUT2D eigenvalue weighted by Gasteiger charge is -2.40. The first-order valence-corrected chi connectivity index (χ1v) is 12.7. The summed E-state index contributed by atoms with van der Waals surface area (Å²) in [7, 11) is -9.14. The Morgan fingerprint density at radius 2 is 1.67 bits per heavy atom. The molecule has 0 saturated heterocycles. The number of ether oxygens (including phenoxy) is 1. The van der Waals surface area contributed by atoms with Crippen LogP contribution in [0.2, 0.25) is 0 Å². The quantitative estimate of drug-likeness (QED) is 0.220. The number of nitrogens with two attached hydrogens (primary N) is 1. The first-order chi connectivity index (χ1) is 17.6. The molecule has 8 nitrogen and oxygen atoms in total. The minimum atomic E-state index is -10.5. The number of nitrogens with one attached hydrogen (secondary N) is 2. The van der Waals surface area contributed by atoms with E-state index in [9.17, 15) is 47.0 Å². The number of benzene rings is 2. The molecule has 0 saturated carbocycles. The van der Waals surface area contributed by atoms with Gasteiger partial charge in [0.05, 0.1) is 18.7 Å². The van der Waals surface area contributed by atoms with Crippen molar-refractivity contribution in [3.63, 3.8) is 0 Å². The van der Waals surface area contributed by atoms with E-state index in [1.165, 1.54) is 25.4 Å². The van der Waals surface area contributed by atoms with Crippen LogP contribution < -0.4 is 21.1 Å². The molecule has 1 aromatic heterocycles. The van der Waals surface area contributed by atoms with Crippen molar-refractivity contribution in [3.05, 3.63) is 47.7 Å². The fourth-order valence-electron chi connectivity index (χ4n) is 3.54. The number of fused-ring (bicyclic) bond motifs is 1. The van der Waals surface area contributed by atoms with Gasteiger partial charge in [0.1, 0.15) is 16.5 Å². The second-order valence-electron chi connectivity index (χ2n) is 8.18. The topological polar surface area (TPSA) is 115 Å². The summed E-state index contributed by atoms with van der Waals surface area (Å²) in [5.41, 5.74) is 3.73. The number of amides is 2. The smallest absolute Gasteiger partial charge is 0.471 e. The lowest BCUT2D eigenvalue weighted by molar-refractivity contribution is -0.167. The van der Waals surface area contributed by atoms with Gasteiger partial charge in [-0.15, -0.1) is 0 Å². The van der Waals surface area contributed by atoms with E-state index in [4.69, 9.17) is 10.5 Å². The highest BCUT2D eigenvalue weighted by Gasteiger charge is 2.65. The zero-order valence-corrected chi connectivity index (χ0v) is 20.8. The number of alkyl halides is 3. The number of Topliss-reactive ketones (excluding diaryl/α,β-unsaturated/α-hetero) is 1. The molecule has 0 unspecified atom stereocenters. The van der Waals surface area contributed by atoms with Gasteiger partial charge in [-0.2, -0.15) is 13.2 Å². The maximum Gasteiger partial charge on any atom is 0.471 e. The Hall–Kier alpha value is -4.02. The van der Waals surface area contributed by atoms with Crippen LogP contribution in [-0.2, 0) is 11.3 Å². The molecule has 214 valence electrons. The fraction of sp³-hybridized carbons (Fsp3) is 0.227. The van der Waals surface area contributed by atoms with Gasteiger partial charge in [0.2, 0.25) is 0 Å². The SMILES string of the molecule is CCOc1cc2cn(CC(=O)c3cc(NC(=O)C(F)(F)F)cc(S(F)(F)(F)(F)F)c3)c(N)c2cc1C(=O)NC. The second kappa shape index (κ2) is 9.03. The summed E-state index contributed by atoms with van der Waals surface area (Å²) < 4.78 is 112. The van der Waals surface area contributed by atoms with Gasteiger partial charge in [-0.3, -0.25) is 14.4 Å². The highest BCUT2D eigenvalue weighted by Crippen LogP contribution is 3.02. The highest BCUT2D eigenvalue weighted by atomic mass is 32.5. The molecule has 3 rings (SSSR count). The maximum absolute atomic E-state index is 13.5. The Kier molecular flexibility index (Phi) is 6.84. The maximum atomic E-state index is 13.5. The van der Waals surface area contributed by atoms with Crippen molar-refractivity contribution in [1.29, 1.82) is 0 Å². The van der Waals surface area contributed by atoms with Gasteiger partial charge in [0.25, 0.3) is 5.91 Å². The zero-order valence-electron chi connectivity index (χ0n) is 20.0.